The van der Waals surface area contributed by atoms with Gasteiger partial charge in [-0.25, -0.2) is 13.8 Å². The molecule has 0 spiro atoms. The minimum absolute atomic E-state index is 0.341. The normalized spacial score (nSPS) is 13.2. The van der Waals surface area contributed by atoms with E-state index >= 15 is 0 Å². The Morgan fingerprint density at radius 2 is 2.12 bits per heavy atom. The zero-order valence-corrected chi connectivity index (χ0v) is 13.5. The van der Waals surface area contributed by atoms with Gasteiger partial charge in [0.15, 0.2) is 5.82 Å². The number of aromatic amines is 2. The highest BCUT2D eigenvalue weighted by molar-refractivity contribution is 7.77. The molecular weight excluding hydrogens is 345 g/mol. The number of aromatic nitrogens is 4. The van der Waals surface area contributed by atoms with Gasteiger partial charge < -0.3 is 9.54 Å². The molecule has 0 fully saturated rings. The number of rotatable bonds is 4. The van der Waals surface area contributed by atoms with E-state index < -0.39 is 11.3 Å². The zero-order valence-electron chi connectivity index (χ0n) is 12.7. The van der Waals surface area contributed by atoms with Crippen LogP contribution < -0.4 is 0 Å². The number of fused-ring (bicyclic) bond motifs is 2. The van der Waals surface area contributed by atoms with Crippen LogP contribution in [-0.4, -0.2) is 35.1 Å². The highest BCUT2D eigenvalue weighted by atomic mass is 32.2. The van der Waals surface area contributed by atoms with Crippen molar-refractivity contribution in [3.8, 4) is 11.5 Å². The van der Waals surface area contributed by atoms with Crippen molar-refractivity contribution in [1.29, 1.82) is 0 Å². The lowest BCUT2D eigenvalue weighted by molar-refractivity contribution is 0.539. The van der Waals surface area contributed by atoms with E-state index in [1.54, 1.807) is 6.07 Å². The first-order valence-electron chi connectivity index (χ1n) is 7.35. The molecule has 1 unspecified atom stereocenters. The Morgan fingerprint density at radius 1 is 1.24 bits per heavy atom. The second kappa shape index (κ2) is 6.19. The molecular formula is C16H11FN5O2S-. The monoisotopic (exact) mass is 356 g/mol. The topological polar surface area (TPSA) is 110 Å². The molecule has 0 aliphatic heterocycles. The lowest BCUT2D eigenvalue weighted by atomic mass is 10.1. The minimum Gasteiger partial charge on any atom is -0.754 e. The van der Waals surface area contributed by atoms with E-state index in [-0.39, 0.29) is 5.82 Å². The second-order valence-corrected chi connectivity index (χ2v) is 6.05. The summed E-state index contributed by atoms with van der Waals surface area (Å²) in [5.74, 6) is 0.185. The van der Waals surface area contributed by atoms with E-state index in [0.717, 1.165) is 16.5 Å². The lowest BCUT2D eigenvalue weighted by Gasteiger charge is -1.99. The first-order chi connectivity index (χ1) is 12.1. The largest absolute Gasteiger partial charge is 0.754 e. The highest BCUT2D eigenvalue weighted by Crippen LogP contribution is 2.27. The summed E-state index contributed by atoms with van der Waals surface area (Å²) in [6.07, 6.45) is 1.70. The van der Waals surface area contributed by atoms with Crippen LogP contribution in [0.1, 0.15) is 5.56 Å². The van der Waals surface area contributed by atoms with Crippen molar-refractivity contribution in [2.45, 2.75) is 6.42 Å². The van der Waals surface area contributed by atoms with Gasteiger partial charge in [-0.15, -0.1) is 0 Å². The molecule has 2 aromatic carbocycles. The molecule has 0 saturated heterocycles. The molecule has 1 atom stereocenters. The summed E-state index contributed by atoms with van der Waals surface area (Å²) in [6.45, 7) is 0. The summed E-state index contributed by atoms with van der Waals surface area (Å²) in [6, 6.07) is 9.94. The number of halogens is 1. The number of H-pyrrole nitrogens is 2. The molecule has 0 amide bonds. The molecule has 2 aromatic heterocycles. The first kappa shape index (κ1) is 15.6. The summed E-state index contributed by atoms with van der Waals surface area (Å²) < 4.78 is 37.6. The zero-order chi connectivity index (χ0) is 17.4. The van der Waals surface area contributed by atoms with Crippen LogP contribution in [0.2, 0.25) is 0 Å². The third kappa shape index (κ3) is 3.06. The van der Waals surface area contributed by atoms with Crippen molar-refractivity contribution in [2.75, 3.05) is 0 Å². The van der Waals surface area contributed by atoms with E-state index in [2.05, 4.69) is 24.6 Å². The van der Waals surface area contributed by atoms with Crippen LogP contribution in [0, 0.1) is 5.82 Å². The molecule has 0 radical (unpaired) electrons. The summed E-state index contributed by atoms with van der Waals surface area (Å²) in [7, 11) is 0. The molecule has 4 aromatic rings. The predicted molar refractivity (Wildman–Crippen MR) is 92.3 cm³/mol. The van der Waals surface area contributed by atoms with Crippen LogP contribution >= 0.6 is 0 Å². The average Bonchev–Trinajstić information content (AvgIpc) is 3.17. The number of benzene rings is 2. The molecule has 2 heterocycles. The number of imidazole rings is 1. The molecule has 0 aliphatic carbocycles. The first-order valence-corrected chi connectivity index (χ1v) is 8.38. The van der Waals surface area contributed by atoms with Gasteiger partial charge in [-0.05, 0) is 35.9 Å². The minimum atomic E-state index is -2.45. The second-order valence-electron chi connectivity index (χ2n) is 5.41. The number of hydrogen-bond acceptors (Lipinski definition) is 4. The van der Waals surface area contributed by atoms with Crippen LogP contribution in [0.3, 0.4) is 0 Å². The van der Waals surface area contributed by atoms with Crippen molar-refractivity contribution < 1.29 is 13.2 Å². The van der Waals surface area contributed by atoms with Gasteiger partial charge in [-0.2, -0.15) is 5.10 Å². The molecule has 7 nitrogen and oxygen atoms in total. The van der Waals surface area contributed by atoms with E-state index in [0.29, 0.717) is 29.0 Å². The van der Waals surface area contributed by atoms with Crippen LogP contribution in [0.5, 0.6) is 0 Å². The Balaban J connectivity index is 1.76. The third-order valence-electron chi connectivity index (χ3n) is 3.78. The molecule has 9 heteroatoms. The fourth-order valence-electron chi connectivity index (χ4n) is 2.67. The van der Waals surface area contributed by atoms with Crippen LogP contribution in [-0.2, 0) is 17.7 Å². The van der Waals surface area contributed by atoms with Gasteiger partial charge in [-0.3, -0.25) is 9.31 Å². The predicted octanol–water partition coefficient (Wildman–Crippen LogP) is 2.65. The third-order valence-corrected chi connectivity index (χ3v) is 4.10. The Bertz CT molecular complexity index is 1130. The standard InChI is InChI=1S/C16H12FN5O2S/c17-10-2-4-13-14(8-10)20-16(19-13)15-11-7-9(5-6-18-25(23)24)1-3-12(11)21-22-15/h1-4,6-8H,5H2,(H,19,20)(H,21,22)(H,23,24)/p-1. The molecule has 2 N–H and O–H groups in total. The van der Waals surface area contributed by atoms with Gasteiger partial charge in [-0.1, -0.05) is 6.07 Å². The highest BCUT2D eigenvalue weighted by Gasteiger charge is 2.13. The van der Waals surface area contributed by atoms with E-state index in [1.165, 1.54) is 18.3 Å². The molecule has 0 saturated carbocycles. The van der Waals surface area contributed by atoms with Gasteiger partial charge in [0.05, 0.1) is 27.8 Å². The van der Waals surface area contributed by atoms with Crippen molar-refractivity contribution in [1.82, 2.24) is 20.2 Å². The van der Waals surface area contributed by atoms with Crippen molar-refractivity contribution >= 4 is 39.4 Å². The van der Waals surface area contributed by atoms with Gasteiger partial charge in [0.1, 0.15) is 11.5 Å². The number of nitrogens with one attached hydrogen (secondary N) is 2. The lowest BCUT2D eigenvalue weighted by Crippen LogP contribution is -1.89. The summed E-state index contributed by atoms with van der Waals surface area (Å²) >= 11 is -2.45. The van der Waals surface area contributed by atoms with Crippen LogP contribution in [0.25, 0.3) is 33.5 Å². The van der Waals surface area contributed by atoms with E-state index in [1.807, 2.05) is 18.2 Å². The molecule has 25 heavy (non-hydrogen) atoms. The fraction of sp³-hybridized carbons (Fsp3) is 0.0625. The van der Waals surface area contributed by atoms with E-state index in [4.69, 9.17) is 0 Å². The number of hydrogen-bond donors (Lipinski definition) is 2. The van der Waals surface area contributed by atoms with Gasteiger partial charge >= 0.3 is 0 Å². The summed E-state index contributed by atoms with van der Waals surface area (Å²) in [5.41, 5.74) is 3.54. The molecule has 0 bridgehead atoms. The maximum absolute atomic E-state index is 13.3. The van der Waals surface area contributed by atoms with Crippen LogP contribution in [0.15, 0.2) is 40.8 Å². The smallest absolute Gasteiger partial charge is 0.159 e. The number of nitrogens with zero attached hydrogens (tertiary/aromatic N) is 3. The van der Waals surface area contributed by atoms with E-state index in [9.17, 15) is 13.2 Å². The van der Waals surface area contributed by atoms with Crippen molar-refractivity contribution in [3.05, 3.63) is 47.8 Å². The average molecular weight is 356 g/mol. The maximum Gasteiger partial charge on any atom is 0.159 e. The molecule has 4 rings (SSSR count). The molecule has 126 valence electrons. The van der Waals surface area contributed by atoms with Gasteiger partial charge in [0.2, 0.25) is 0 Å². The quantitative estimate of drug-likeness (QED) is 0.432. The Morgan fingerprint density at radius 3 is 2.96 bits per heavy atom. The Hall–Kier alpha value is -2.91. The fourth-order valence-corrected chi connectivity index (χ4v) is 2.86. The van der Waals surface area contributed by atoms with Crippen LogP contribution in [0.4, 0.5) is 4.39 Å². The Labute approximate surface area is 143 Å². The van der Waals surface area contributed by atoms with Crippen molar-refractivity contribution in [3.63, 3.8) is 0 Å². The van der Waals surface area contributed by atoms with Gasteiger partial charge in [0.25, 0.3) is 0 Å². The van der Waals surface area contributed by atoms with Crippen molar-refractivity contribution in [2.24, 2.45) is 4.40 Å². The maximum atomic E-state index is 13.3. The SMILES string of the molecule is O=S([O-])N=CCc1ccc2[nH]nc(-c3nc4ccc(F)cc4[nH]3)c2c1. The summed E-state index contributed by atoms with van der Waals surface area (Å²) in [4.78, 5) is 7.52. The summed E-state index contributed by atoms with van der Waals surface area (Å²) in [5, 5.41) is 8.04. The Kier molecular flexibility index (Phi) is 3.86. The molecule has 0 aliphatic rings. The van der Waals surface area contributed by atoms with Gasteiger partial charge in [0, 0.05) is 18.0 Å².